The zero-order valence-electron chi connectivity index (χ0n) is 9.53. The van der Waals surface area contributed by atoms with Crippen LogP contribution in [-0.2, 0) is 0 Å². The van der Waals surface area contributed by atoms with E-state index in [-0.39, 0.29) is 5.41 Å². The predicted octanol–water partition coefficient (Wildman–Crippen LogP) is 2.63. The van der Waals surface area contributed by atoms with Gasteiger partial charge in [0.25, 0.3) is 0 Å². The first-order chi connectivity index (χ1) is 6.45. The molecule has 0 bridgehead atoms. The van der Waals surface area contributed by atoms with Gasteiger partial charge in [0.1, 0.15) is 6.33 Å². The minimum absolute atomic E-state index is 0.208. The molecule has 0 amide bonds. The van der Waals surface area contributed by atoms with Crippen LogP contribution in [0.1, 0.15) is 39.3 Å². The van der Waals surface area contributed by atoms with E-state index in [1.165, 1.54) is 0 Å². The molecule has 3 nitrogen and oxygen atoms in total. The van der Waals surface area contributed by atoms with Gasteiger partial charge < -0.3 is 4.74 Å². The molecule has 0 aromatic carbocycles. The third kappa shape index (κ3) is 2.44. The minimum atomic E-state index is 0.208. The van der Waals surface area contributed by atoms with Gasteiger partial charge in [-0.05, 0) is 5.41 Å². The summed E-state index contributed by atoms with van der Waals surface area (Å²) in [6.45, 7) is 8.77. The summed E-state index contributed by atoms with van der Waals surface area (Å²) < 4.78 is 5.07. The summed E-state index contributed by atoms with van der Waals surface area (Å²) >= 11 is 0. The van der Waals surface area contributed by atoms with Crippen LogP contribution < -0.4 is 4.74 Å². The van der Waals surface area contributed by atoms with E-state index in [1.54, 1.807) is 13.4 Å². The lowest BCUT2D eigenvalue weighted by Gasteiger charge is -2.26. The van der Waals surface area contributed by atoms with Crippen LogP contribution >= 0.6 is 0 Å². The summed E-state index contributed by atoms with van der Waals surface area (Å²) in [5.41, 5.74) is 1.24. The Labute approximate surface area is 85.5 Å². The van der Waals surface area contributed by atoms with Crippen molar-refractivity contribution in [2.24, 2.45) is 5.41 Å². The van der Waals surface area contributed by atoms with Crippen LogP contribution in [0.2, 0.25) is 0 Å². The highest BCUT2D eigenvalue weighted by atomic mass is 16.5. The summed E-state index contributed by atoms with van der Waals surface area (Å²) in [6.07, 6.45) is 1.55. The Kier molecular flexibility index (Phi) is 3.09. The highest BCUT2D eigenvalue weighted by Crippen LogP contribution is 2.33. The molecule has 1 heterocycles. The van der Waals surface area contributed by atoms with Crippen molar-refractivity contribution in [2.45, 2.75) is 33.6 Å². The van der Waals surface area contributed by atoms with Gasteiger partial charge in [-0.15, -0.1) is 0 Å². The summed E-state index contributed by atoms with van der Waals surface area (Å²) in [5, 5.41) is 0. The topological polar surface area (TPSA) is 35.0 Å². The van der Waals surface area contributed by atoms with E-state index in [0.29, 0.717) is 11.8 Å². The summed E-state index contributed by atoms with van der Waals surface area (Å²) in [5.74, 6) is 1.02. The molecule has 0 saturated carbocycles. The number of methoxy groups -OCH3 is 1. The molecule has 1 atom stereocenters. The standard InChI is InChI=1S/C11H18N2O/c1-8(11(2,3)4)9-6-10(14-5)13-7-12-9/h6-8H,1-5H3. The van der Waals surface area contributed by atoms with E-state index < -0.39 is 0 Å². The SMILES string of the molecule is COc1cc(C(C)C(C)(C)C)ncn1. The van der Waals surface area contributed by atoms with Crippen LogP contribution in [-0.4, -0.2) is 17.1 Å². The second-order valence-corrected chi connectivity index (χ2v) is 4.57. The maximum absolute atomic E-state index is 5.07. The number of aromatic nitrogens is 2. The van der Waals surface area contributed by atoms with Crippen LogP contribution in [0.3, 0.4) is 0 Å². The second-order valence-electron chi connectivity index (χ2n) is 4.57. The fraction of sp³-hybridized carbons (Fsp3) is 0.636. The fourth-order valence-corrected chi connectivity index (χ4v) is 1.15. The molecule has 0 aliphatic carbocycles. The first kappa shape index (κ1) is 11.0. The monoisotopic (exact) mass is 194 g/mol. The van der Waals surface area contributed by atoms with Gasteiger partial charge in [-0.2, -0.15) is 0 Å². The fourth-order valence-electron chi connectivity index (χ4n) is 1.15. The van der Waals surface area contributed by atoms with E-state index in [4.69, 9.17) is 4.74 Å². The summed E-state index contributed by atoms with van der Waals surface area (Å²) in [4.78, 5) is 8.25. The van der Waals surface area contributed by atoms with E-state index in [1.807, 2.05) is 6.07 Å². The maximum atomic E-state index is 5.07. The smallest absolute Gasteiger partial charge is 0.216 e. The molecule has 0 aliphatic heterocycles. The average Bonchev–Trinajstić information content (AvgIpc) is 2.15. The van der Waals surface area contributed by atoms with Crippen molar-refractivity contribution < 1.29 is 4.74 Å². The van der Waals surface area contributed by atoms with Crippen LogP contribution in [0.5, 0.6) is 5.88 Å². The molecule has 0 radical (unpaired) electrons. The third-order valence-corrected chi connectivity index (χ3v) is 2.61. The molecule has 1 aromatic heterocycles. The van der Waals surface area contributed by atoms with Gasteiger partial charge >= 0.3 is 0 Å². The van der Waals surface area contributed by atoms with Gasteiger partial charge in [0.15, 0.2) is 0 Å². The Bertz CT molecular complexity index is 304. The molecule has 3 heteroatoms. The lowest BCUT2D eigenvalue weighted by Crippen LogP contribution is -2.16. The molecule has 1 rings (SSSR count). The zero-order valence-corrected chi connectivity index (χ0v) is 9.53. The van der Waals surface area contributed by atoms with E-state index >= 15 is 0 Å². The molecule has 78 valence electrons. The third-order valence-electron chi connectivity index (χ3n) is 2.61. The Morgan fingerprint density at radius 1 is 1.29 bits per heavy atom. The van der Waals surface area contributed by atoms with Crippen molar-refractivity contribution in [3.05, 3.63) is 18.1 Å². The Morgan fingerprint density at radius 3 is 2.43 bits per heavy atom. The normalized spacial score (nSPS) is 13.8. The van der Waals surface area contributed by atoms with Crippen molar-refractivity contribution in [1.82, 2.24) is 9.97 Å². The number of hydrogen-bond donors (Lipinski definition) is 0. The van der Waals surface area contributed by atoms with Crippen molar-refractivity contribution in [3.63, 3.8) is 0 Å². The van der Waals surface area contributed by atoms with Gasteiger partial charge in [-0.3, -0.25) is 0 Å². The van der Waals surface area contributed by atoms with Crippen molar-refractivity contribution in [2.75, 3.05) is 7.11 Å². The van der Waals surface area contributed by atoms with Crippen LogP contribution in [0.15, 0.2) is 12.4 Å². The first-order valence-electron chi connectivity index (χ1n) is 4.81. The molecule has 14 heavy (non-hydrogen) atoms. The van der Waals surface area contributed by atoms with Gasteiger partial charge in [-0.25, -0.2) is 9.97 Å². The van der Waals surface area contributed by atoms with E-state index in [0.717, 1.165) is 5.69 Å². The maximum Gasteiger partial charge on any atom is 0.216 e. The molecule has 0 fully saturated rings. The largest absolute Gasteiger partial charge is 0.481 e. The lowest BCUT2D eigenvalue weighted by atomic mass is 9.80. The zero-order chi connectivity index (χ0) is 10.8. The molecular weight excluding hydrogens is 176 g/mol. The van der Waals surface area contributed by atoms with E-state index in [2.05, 4.69) is 37.7 Å². The van der Waals surface area contributed by atoms with Crippen molar-refractivity contribution in [1.29, 1.82) is 0 Å². The molecule has 0 spiro atoms. The average molecular weight is 194 g/mol. The highest BCUT2D eigenvalue weighted by Gasteiger charge is 2.23. The lowest BCUT2D eigenvalue weighted by molar-refractivity contribution is 0.330. The number of ether oxygens (including phenoxy) is 1. The first-order valence-corrected chi connectivity index (χ1v) is 4.81. The van der Waals surface area contributed by atoms with E-state index in [9.17, 15) is 0 Å². The number of hydrogen-bond acceptors (Lipinski definition) is 3. The second kappa shape index (κ2) is 3.95. The summed E-state index contributed by atoms with van der Waals surface area (Å²) in [7, 11) is 1.62. The molecule has 0 aliphatic rings. The minimum Gasteiger partial charge on any atom is -0.481 e. The molecule has 1 unspecified atom stereocenters. The Morgan fingerprint density at radius 2 is 1.93 bits per heavy atom. The quantitative estimate of drug-likeness (QED) is 0.726. The molecular formula is C11H18N2O. The van der Waals surface area contributed by atoms with Crippen LogP contribution in [0.4, 0.5) is 0 Å². The van der Waals surface area contributed by atoms with Gasteiger partial charge in [0.2, 0.25) is 5.88 Å². The van der Waals surface area contributed by atoms with Crippen molar-refractivity contribution in [3.8, 4) is 5.88 Å². The number of rotatable bonds is 2. The molecule has 0 saturated heterocycles. The van der Waals surface area contributed by atoms with Gasteiger partial charge in [-0.1, -0.05) is 27.7 Å². The number of nitrogens with zero attached hydrogens (tertiary/aromatic N) is 2. The molecule has 0 N–H and O–H groups in total. The van der Waals surface area contributed by atoms with Gasteiger partial charge in [0.05, 0.1) is 12.8 Å². The summed E-state index contributed by atoms with van der Waals surface area (Å²) in [6, 6.07) is 1.90. The predicted molar refractivity (Wildman–Crippen MR) is 56.5 cm³/mol. The Hall–Kier alpha value is -1.12. The van der Waals surface area contributed by atoms with Crippen LogP contribution in [0, 0.1) is 5.41 Å². The van der Waals surface area contributed by atoms with Gasteiger partial charge in [0, 0.05) is 12.0 Å². The highest BCUT2D eigenvalue weighted by molar-refractivity contribution is 5.17. The van der Waals surface area contributed by atoms with Crippen molar-refractivity contribution >= 4 is 0 Å². The Balaban J connectivity index is 2.95. The van der Waals surface area contributed by atoms with Crippen LogP contribution in [0.25, 0.3) is 0 Å². The molecule has 1 aromatic rings.